The van der Waals surface area contributed by atoms with Gasteiger partial charge >= 0.3 is 0 Å². The molecule has 1 aromatic carbocycles. The summed E-state index contributed by atoms with van der Waals surface area (Å²) in [6.07, 6.45) is 0. The summed E-state index contributed by atoms with van der Waals surface area (Å²) in [5.41, 5.74) is 1.85. The number of amides is 1. The van der Waals surface area contributed by atoms with E-state index >= 15 is 0 Å². The van der Waals surface area contributed by atoms with Gasteiger partial charge in [-0.2, -0.15) is 4.99 Å². The van der Waals surface area contributed by atoms with Crippen molar-refractivity contribution in [3.63, 3.8) is 0 Å². The first kappa shape index (κ1) is 10.4. The molecule has 0 saturated heterocycles. The molecule has 1 aromatic rings. The number of hydrogen-bond acceptors (Lipinski definition) is 4. The summed E-state index contributed by atoms with van der Waals surface area (Å²) in [5, 5.41) is 3.65. The molecule has 2 heterocycles. The third-order valence-electron chi connectivity index (χ3n) is 2.90. The van der Waals surface area contributed by atoms with Gasteiger partial charge in [0.15, 0.2) is 0 Å². The molecule has 0 spiro atoms. The zero-order valence-corrected chi connectivity index (χ0v) is 9.91. The lowest BCUT2D eigenvalue weighted by atomic mass is 10.1. The molecule has 0 unspecified atom stereocenters. The minimum absolute atomic E-state index is 0.146. The maximum Gasteiger partial charge on any atom is 0.268 e. The van der Waals surface area contributed by atoms with Gasteiger partial charge in [0, 0.05) is 12.1 Å². The normalized spacial score (nSPS) is 17.2. The van der Waals surface area contributed by atoms with Crippen molar-refractivity contribution in [2.24, 2.45) is 4.99 Å². The number of rotatable bonds is 1. The van der Waals surface area contributed by atoms with E-state index in [1.165, 1.54) is 0 Å². The second-order valence-corrected chi connectivity index (χ2v) is 4.23. The third kappa shape index (κ3) is 1.46. The summed E-state index contributed by atoms with van der Waals surface area (Å²) < 4.78 is 5.17. The minimum atomic E-state index is -0.146. The highest BCUT2D eigenvalue weighted by molar-refractivity contribution is 6.33. The fraction of sp³-hybridized carbons (Fsp3) is 0.273. The van der Waals surface area contributed by atoms with Crippen LogP contribution < -0.4 is 15.0 Å². The highest BCUT2D eigenvalue weighted by Gasteiger charge is 2.31. The average Bonchev–Trinajstić information content (AvgIpc) is 2.70. The molecule has 0 saturated carbocycles. The molecule has 0 aromatic heterocycles. The number of anilines is 1. The molecule has 0 bridgehead atoms. The Morgan fingerprint density at radius 1 is 1.53 bits per heavy atom. The smallest absolute Gasteiger partial charge is 0.268 e. The second-order valence-electron chi connectivity index (χ2n) is 3.85. The molecule has 5 nitrogen and oxygen atoms in total. The van der Waals surface area contributed by atoms with Crippen LogP contribution in [0.5, 0.6) is 5.75 Å². The fourth-order valence-electron chi connectivity index (χ4n) is 2.09. The van der Waals surface area contributed by atoms with Crippen LogP contribution in [0.15, 0.2) is 17.1 Å². The van der Waals surface area contributed by atoms with E-state index in [1.807, 2.05) is 11.0 Å². The standard InChI is InChI=1S/C11H10ClN3O2/c1-17-8-3-2-7-6(10(8)12)4-13-11-14-9(16)5-15(7)11/h2-3H,4-5H2,1H3,(H,13,14,16). The van der Waals surface area contributed by atoms with Crippen LogP contribution in [-0.2, 0) is 11.3 Å². The lowest BCUT2D eigenvalue weighted by Crippen LogP contribution is -2.43. The van der Waals surface area contributed by atoms with Crippen molar-refractivity contribution in [1.29, 1.82) is 0 Å². The van der Waals surface area contributed by atoms with Gasteiger partial charge in [-0.05, 0) is 12.1 Å². The lowest BCUT2D eigenvalue weighted by molar-refractivity contribution is -0.115. The maximum atomic E-state index is 11.3. The predicted octanol–water partition coefficient (Wildman–Crippen LogP) is 1.15. The largest absolute Gasteiger partial charge is 0.495 e. The van der Waals surface area contributed by atoms with Gasteiger partial charge in [0.25, 0.3) is 5.91 Å². The van der Waals surface area contributed by atoms with Crippen molar-refractivity contribution >= 4 is 29.2 Å². The van der Waals surface area contributed by atoms with E-state index in [0.29, 0.717) is 23.3 Å². The van der Waals surface area contributed by atoms with Crippen LogP contribution in [0.4, 0.5) is 5.69 Å². The van der Waals surface area contributed by atoms with Gasteiger partial charge in [-0.15, -0.1) is 0 Å². The molecule has 17 heavy (non-hydrogen) atoms. The van der Waals surface area contributed by atoms with Crippen molar-refractivity contribution in [3.8, 4) is 5.75 Å². The zero-order chi connectivity index (χ0) is 12.0. The van der Waals surface area contributed by atoms with Crippen LogP contribution >= 0.6 is 11.6 Å². The van der Waals surface area contributed by atoms with Gasteiger partial charge in [-0.1, -0.05) is 11.6 Å². The van der Waals surface area contributed by atoms with Crippen molar-refractivity contribution in [2.75, 3.05) is 18.6 Å². The Bertz CT molecular complexity index is 542. The van der Waals surface area contributed by atoms with Crippen LogP contribution in [-0.4, -0.2) is 25.5 Å². The van der Waals surface area contributed by atoms with Gasteiger partial charge in [0.1, 0.15) is 12.3 Å². The first-order valence-electron chi connectivity index (χ1n) is 5.19. The number of guanidine groups is 1. The first-order chi connectivity index (χ1) is 8.20. The Labute approximate surface area is 103 Å². The van der Waals surface area contributed by atoms with Crippen molar-refractivity contribution < 1.29 is 9.53 Å². The first-order valence-corrected chi connectivity index (χ1v) is 5.57. The number of carbonyl (C=O) groups excluding carboxylic acids is 1. The summed E-state index contributed by atoms with van der Waals surface area (Å²) in [4.78, 5) is 17.0. The molecule has 3 rings (SSSR count). The number of fused-ring (bicyclic) bond motifs is 3. The Morgan fingerprint density at radius 3 is 3.12 bits per heavy atom. The quantitative estimate of drug-likeness (QED) is 0.814. The summed E-state index contributed by atoms with van der Waals surface area (Å²) in [7, 11) is 1.58. The van der Waals surface area contributed by atoms with Crippen LogP contribution in [0.25, 0.3) is 0 Å². The van der Waals surface area contributed by atoms with Gasteiger partial charge in [-0.25, -0.2) is 0 Å². The average molecular weight is 252 g/mol. The van der Waals surface area contributed by atoms with Crippen LogP contribution in [0.2, 0.25) is 5.02 Å². The van der Waals surface area contributed by atoms with Crippen molar-refractivity contribution in [2.45, 2.75) is 6.54 Å². The lowest BCUT2D eigenvalue weighted by Gasteiger charge is -2.29. The number of halogens is 1. The zero-order valence-electron chi connectivity index (χ0n) is 9.16. The molecule has 6 heteroatoms. The Morgan fingerprint density at radius 2 is 2.35 bits per heavy atom. The van der Waals surface area contributed by atoms with Gasteiger partial charge in [-0.3, -0.25) is 4.79 Å². The highest BCUT2D eigenvalue weighted by Crippen LogP contribution is 2.37. The van der Waals surface area contributed by atoms with Crippen LogP contribution in [0.1, 0.15) is 5.56 Å². The van der Waals surface area contributed by atoms with Gasteiger partial charge in [0.05, 0.1) is 17.8 Å². The SMILES string of the molecule is COc1ccc2c(c1Cl)CNC1=NC(=O)CN12. The second kappa shape index (κ2) is 3.63. The van der Waals surface area contributed by atoms with Gasteiger partial charge in [0.2, 0.25) is 5.96 Å². The number of aliphatic imine (C=N–C) groups is 1. The Kier molecular flexibility index (Phi) is 2.22. The molecule has 0 aliphatic carbocycles. The summed E-state index contributed by atoms with van der Waals surface area (Å²) >= 11 is 6.24. The van der Waals surface area contributed by atoms with E-state index in [4.69, 9.17) is 16.3 Å². The van der Waals surface area contributed by atoms with E-state index in [0.717, 1.165) is 11.3 Å². The van der Waals surface area contributed by atoms with E-state index in [1.54, 1.807) is 13.2 Å². The molecule has 88 valence electrons. The number of methoxy groups -OCH3 is 1. The van der Waals surface area contributed by atoms with E-state index in [9.17, 15) is 4.79 Å². The third-order valence-corrected chi connectivity index (χ3v) is 3.31. The number of ether oxygens (including phenoxy) is 1. The predicted molar refractivity (Wildman–Crippen MR) is 64.6 cm³/mol. The topological polar surface area (TPSA) is 53.9 Å². The molecule has 2 aliphatic rings. The Balaban J connectivity index is 2.12. The maximum absolute atomic E-state index is 11.3. The summed E-state index contributed by atoms with van der Waals surface area (Å²) in [5.74, 6) is 1.09. The highest BCUT2D eigenvalue weighted by atomic mass is 35.5. The van der Waals surface area contributed by atoms with E-state index in [-0.39, 0.29) is 12.5 Å². The number of benzene rings is 1. The summed E-state index contributed by atoms with van der Waals surface area (Å²) in [6, 6.07) is 3.70. The Hall–Kier alpha value is -1.75. The number of carbonyl (C=O) groups is 1. The molecule has 0 atom stereocenters. The minimum Gasteiger partial charge on any atom is -0.495 e. The van der Waals surface area contributed by atoms with Gasteiger partial charge < -0.3 is 15.0 Å². The molecule has 0 fully saturated rings. The monoisotopic (exact) mass is 251 g/mol. The number of nitrogens with one attached hydrogen (secondary N) is 1. The summed E-state index contributed by atoms with van der Waals surface area (Å²) in [6.45, 7) is 0.811. The molecule has 1 amide bonds. The van der Waals surface area contributed by atoms with Crippen molar-refractivity contribution in [3.05, 3.63) is 22.7 Å². The number of hydrogen-bond donors (Lipinski definition) is 1. The molecule has 0 radical (unpaired) electrons. The van der Waals surface area contributed by atoms with Crippen molar-refractivity contribution in [1.82, 2.24) is 5.32 Å². The molecule has 1 N–H and O–H groups in total. The van der Waals surface area contributed by atoms with E-state index < -0.39 is 0 Å². The molecular weight excluding hydrogens is 242 g/mol. The molecular formula is C11H10ClN3O2. The van der Waals surface area contributed by atoms with Crippen LogP contribution in [0, 0.1) is 0 Å². The van der Waals surface area contributed by atoms with Crippen LogP contribution in [0.3, 0.4) is 0 Å². The van der Waals surface area contributed by atoms with E-state index in [2.05, 4.69) is 10.3 Å². The number of nitrogens with zero attached hydrogens (tertiary/aromatic N) is 2. The molecule has 2 aliphatic heterocycles. The fourth-order valence-corrected chi connectivity index (χ4v) is 2.40.